The molecule has 1 aromatic carbocycles. The van der Waals surface area contributed by atoms with Crippen molar-refractivity contribution in [1.29, 1.82) is 0 Å². The molecule has 1 nitrogen and oxygen atoms in total. The number of anilines is 1. The van der Waals surface area contributed by atoms with Crippen molar-refractivity contribution in [1.82, 2.24) is 0 Å². The number of para-hydroxylation sites is 1. The van der Waals surface area contributed by atoms with Crippen LogP contribution in [0.1, 0.15) is 33.6 Å². The predicted octanol–water partition coefficient (Wildman–Crippen LogP) is 4.17. The minimum Gasteiger partial charge on any atom is -0.382 e. The van der Waals surface area contributed by atoms with Crippen molar-refractivity contribution < 1.29 is 0 Å². The maximum absolute atomic E-state index is 3.73. The standard InChI is InChI=1S/C16H23N/c1-11-14-9-12(16(14,2)3)10-15(11)17-13-7-5-4-6-8-13/h4-8,11-12,14-15,17H,9-10H2,1-3H3/t11-,12-,14-,15-/m0/s1. The molecule has 0 heterocycles. The van der Waals surface area contributed by atoms with E-state index in [2.05, 4.69) is 56.4 Å². The monoisotopic (exact) mass is 229 g/mol. The summed E-state index contributed by atoms with van der Waals surface area (Å²) in [4.78, 5) is 0. The highest BCUT2D eigenvalue weighted by atomic mass is 14.9. The van der Waals surface area contributed by atoms with E-state index in [1.807, 2.05) is 0 Å². The maximum Gasteiger partial charge on any atom is 0.0342 e. The second kappa shape index (κ2) is 3.76. The lowest BCUT2D eigenvalue weighted by atomic mass is 9.45. The van der Waals surface area contributed by atoms with Gasteiger partial charge in [0.1, 0.15) is 0 Å². The molecule has 0 saturated heterocycles. The van der Waals surface area contributed by atoms with Crippen LogP contribution in [0.3, 0.4) is 0 Å². The van der Waals surface area contributed by atoms with Crippen LogP contribution in [0.2, 0.25) is 0 Å². The molecule has 0 amide bonds. The molecule has 3 aliphatic carbocycles. The molecule has 4 rings (SSSR count). The van der Waals surface area contributed by atoms with Crippen LogP contribution in [0.15, 0.2) is 30.3 Å². The largest absolute Gasteiger partial charge is 0.382 e. The highest BCUT2D eigenvalue weighted by Gasteiger charge is 2.56. The van der Waals surface area contributed by atoms with E-state index in [1.54, 1.807) is 0 Å². The van der Waals surface area contributed by atoms with Crippen molar-refractivity contribution in [2.45, 2.75) is 39.7 Å². The minimum atomic E-state index is 0.592. The fraction of sp³-hybridized carbons (Fsp3) is 0.625. The summed E-state index contributed by atoms with van der Waals surface area (Å²) in [6.07, 6.45) is 2.81. The van der Waals surface area contributed by atoms with E-state index in [0.717, 1.165) is 17.8 Å². The number of benzene rings is 1. The molecule has 0 spiro atoms. The minimum absolute atomic E-state index is 0.592. The van der Waals surface area contributed by atoms with Crippen LogP contribution in [0, 0.1) is 23.2 Å². The second-order valence-corrected chi connectivity index (χ2v) is 6.57. The second-order valence-electron chi connectivity index (χ2n) is 6.57. The summed E-state index contributed by atoms with van der Waals surface area (Å²) < 4.78 is 0. The molecule has 4 atom stereocenters. The Bertz CT molecular complexity index is 395. The zero-order valence-electron chi connectivity index (χ0n) is 11.1. The Hall–Kier alpha value is -0.980. The van der Waals surface area contributed by atoms with Crippen LogP contribution in [-0.4, -0.2) is 6.04 Å². The Morgan fingerprint density at radius 1 is 1.12 bits per heavy atom. The summed E-state index contributed by atoms with van der Waals surface area (Å²) in [6.45, 7) is 7.35. The van der Waals surface area contributed by atoms with E-state index in [-0.39, 0.29) is 0 Å². The van der Waals surface area contributed by atoms with Gasteiger partial charge in [0, 0.05) is 11.7 Å². The van der Waals surface area contributed by atoms with Crippen molar-refractivity contribution in [2.24, 2.45) is 23.2 Å². The topological polar surface area (TPSA) is 12.0 Å². The van der Waals surface area contributed by atoms with E-state index in [1.165, 1.54) is 18.5 Å². The lowest BCUT2D eigenvalue weighted by molar-refractivity contribution is -0.105. The van der Waals surface area contributed by atoms with Gasteiger partial charge in [-0.3, -0.25) is 0 Å². The van der Waals surface area contributed by atoms with E-state index in [9.17, 15) is 0 Å². The van der Waals surface area contributed by atoms with Crippen molar-refractivity contribution in [2.75, 3.05) is 5.32 Å². The number of nitrogens with one attached hydrogen (secondary N) is 1. The van der Waals surface area contributed by atoms with Crippen molar-refractivity contribution in [3.05, 3.63) is 30.3 Å². The molecule has 0 aliphatic heterocycles. The Kier molecular flexibility index (Phi) is 2.46. The first-order valence-corrected chi connectivity index (χ1v) is 6.90. The van der Waals surface area contributed by atoms with Gasteiger partial charge in [0.05, 0.1) is 0 Å². The first-order valence-electron chi connectivity index (χ1n) is 6.90. The maximum atomic E-state index is 3.73. The van der Waals surface area contributed by atoms with E-state index < -0.39 is 0 Å². The van der Waals surface area contributed by atoms with Crippen LogP contribution in [0.25, 0.3) is 0 Å². The molecule has 1 aromatic rings. The molecule has 3 saturated carbocycles. The summed E-state index contributed by atoms with van der Waals surface area (Å²) in [6, 6.07) is 11.3. The van der Waals surface area contributed by atoms with Gasteiger partial charge in [0.15, 0.2) is 0 Å². The highest BCUT2D eigenvalue weighted by molar-refractivity contribution is 5.44. The molecule has 1 heteroatoms. The van der Waals surface area contributed by atoms with Crippen LogP contribution < -0.4 is 5.32 Å². The Morgan fingerprint density at radius 3 is 2.41 bits per heavy atom. The molecular weight excluding hydrogens is 206 g/mol. The van der Waals surface area contributed by atoms with Crippen molar-refractivity contribution in [3.63, 3.8) is 0 Å². The van der Waals surface area contributed by atoms with Crippen LogP contribution in [0.5, 0.6) is 0 Å². The molecule has 3 aliphatic rings. The molecule has 0 aromatic heterocycles. The average molecular weight is 229 g/mol. The lowest BCUT2D eigenvalue weighted by Crippen LogP contribution is -2.58. The smallest absolute Gasteiger partial charge is 0.0342 e. The van der Waals surface area contributed by atoms with E-state index >= 15 is 0 Å². The van der Waals surface area contributed by atoms with Gasteiger partial charge in [-0.2, -0.15) is 0 Å². The number of hydrogen-bond acceptors (Lipinski definition) is 1. The van der Waals surface area contributed by atoms with Gasteiger partial charge in [-0.05, 0) is 48.1 Å². The molecule has 1 N–H and O–H groups in total. The van der Waals surface area contributed by atoms with Gasteiger partial charge in [0.2, 0.25) is 0 Å². The Labute approximate surface area is 105 Å². The van der Waals surface area contributed by atoms with Gasteiger partial charge in [-0.1, -0.05) is 39.0 Å². The zero-order valence-corrected chi connectivity index (χ0v) is 11.1. The molecule has 3 fully saturated rings. The summed E-state index contributed by atoms with van der Waals surface area (Å²) in [7, 11) is 0. The summed E-state index contributed by atoms with van der Waals surface area (Å²) in [5, 5.41) is 3.73. The molecule has 17 heavy (non-hydrogen) atoms. The fourth-order valence-corrected chi connectivity index (χ4v) is 4.09. The average Bonchev–Trinajstić information content (AvgIpc) is 2.32. The number of rotatable bonds is 2. The quantitative estimate of drug-likeness (QED) is 0.802. The highest BCUT2D eigenvalue weighted by Crippen LogP contribution is 2.61. The lowest BCUT2D eigenvalue weighted by Gasteiger charge is -2.62. The third-order valence-electron chi connectivity index (χ3n) is 5.48. The summed E-state index contributed by atoms with van der Waals surface area (Å²) in [5.74, 6) is 2.66. The predicted molar refractivity (Wildman–Crippen MR) is 73.0 cm³/mol. The molecular formula is C16H23N. The first kappa shape index (κ1) is 11.1. The fourth-order valence-electron chi connectivity index (χ4n) is 4.09. The summed E-state index contributed by atoms with van der Waals surface area (Å²) in [5.41, 5.74) is 1.87. The van der Waals surface area contributed by atoms with E-state index in [4.69, 9.17) is 0 Å². The molecule has 0 radical (unpaired) electrons. The van der Waals surface area contributed by atoms with Gasteiger partial charge in [-0.25, -0.2) is 0 Å². The third-order valence-corrected chi connectivity index (χ3v) is 5.48. The van der Waals surface area contributed by atoms with Gasteiger partial charge < -0.3 is 5.32 Å². The Morgan fingerprint density at radius 2 is 1.82 bits per heavy atom. The summed E-state index contributed by atoms with van der Waals surface area (Å²) >= 11 is 0. The SMILES string of the molecule is C[C@@H]1[C@@H](Nc2ccccc2)C[C@@H]2C[C@@H]1C2(C)C. The van der Waals surface area contributed by atoms with Crippen molar-refractivity contribution >= 4 is 5.69 Å². The molecule has 2 bridgehead atoms. The number of fused-ring (bicyclic) bond motifs is 2. The van der Waals surface area contributed by atoms with Gasteiger partial charge >= 0.3 is 0 Å². The van der Waals surface area contributed by atoms with E-state index in [0.29, 0.717) is 11.5 Å². The zero-order chi connectivity index (χ0) is 12.0. The normalized spacial score (nSPS) is 38.3. The van der Waals surface area contributed by atoms with Crippen LogP contribution >= 0.6 is 0 Å². The Balaban J connectivity index is 1.71. The first-order chi connectivity index (χ1) is 8.09. The van der Waals surface area contributed by atoms with Gasteiger partial charge in [0.25, 0.3) is 0 Å². The number of hydrogen-bond donors (Lipinski definition) is 1. The van der Waals surface area contributed by atoms with Crippen molar-refractivity contribution in [3.8, 4) is 0 Å². The van der Waals surface area contributed by atoms with Crippen LogP contribution in [-0.2, 0) is 0 Å². The third kappa shape index (κ3) is 1.67. The molecule has 92 valence electrons. The van der Waals surface area contributed by atoms with Gasteiger partial charge in [-0.15, -0.1) is 0 Å². The molecule has 0 unspecified atom stereocenters. The van der Waals surface area contributed by atoms with Crippen LogP contribution in [0.4, 0.5) is 5.69 Å².